The molecule has 11 rings (SSSR count). The molecule has 3 heterocycles. The number of benzene rings is 8. The molecule has 6 nitrogen and oxygen atoms in total. The average Bonchev–Trinajstić information content (AvgIpc) is 3.92. The highest BCUT2D eigenvalue weighted by atomic mass is 16.3. The molecule has 6 heteroatoms. The first-order valence-electron chi connectivity index (χ1n) is 19.2. The largest absolute Gasteiger partial charge is 0.454 e. The highest BCUT2D eigenvalue weighted by Gasteiger charge is 2.22. The van der Waals surface area contributed by atoms with Crippen LogP contribution in [0, 0.1) is 0 Å². The van der Waals surface area contributed by atoms with Gasteiger partial charge in [-0.15, -0.1) is 0 Å². The number of aromatic nitrogens is 2. The molecule has 0 amide bonds. The van der Waals surface area contributed by atoms with Gasteiger partial charge in [-0.1, -0.05) is 133 Å². The van der Waals surface area contributed by atoms with E-state index in [2.05, 4.69) is 137 Å². The Morgan fingerprint density at radius 1 is 0.474 bits per heavy atom. The number of fused-ring (bicyclic) bond motifs is 10. The number of hydrogen-bond acceptors (Lipinski definition) is 2. The van der Waals surface area contributed by atoms with Gasteiger partial charge in [0.2, 0.25) is 0 Å². The van der Waals surface area contributed by atoms with Gasteiger partial charge < -0.3 is 19.3 Å². The van der Waals surface area contributed by atoms with E-state index in [1.54, 1.807) is 0 Å². The third-order valence-electron chi connectivity index (χ3n) is 11.0. The molecule has 0 saturated carbocycles. The van der Waals surface area contributed by atoms with Gasteiger partial charge in [-0.2, -0.15) is 0 Å². The summed E-state index contributed by atoms with van der Waals surface area (Å²) in [6.45, 7) is 0.461. The average molecular weight is 734 g/mol. The molecular formula is C51H35N5O. The van der Waals surface area contributed by atoms with Crippen LogP contribution in [0.4, 0.5) is 0 Å². The number of amidine groups is 2. The number of furan rings is 1. The molecule has 2 N–H and O–H groups in total. The van der Waals surface area contributed by atoms with Crippen LogP contribution in [0.3, 0.4) is 0 Å². The normalized spacial score (nSPS) is 12.6. The maximum Gasteiger partial charge on any atom is 0.160 e. The van der Waals surface area contributed by atoms with Crippen molar-refractivity contribution in [1.29, 1.82) is 0 Å². The Morgan fingerprint density at radius 3 is 1.93 bits per heavy atom. The van der Waals surface area contributed by atoms with Crippen LogP contribution in [0.15, 0.2) is 202 Å². The lowest BCUT2D eigenvalue weighted by Crippen LogP contribution is -2.16. The summed E-state index contributed by atoms with van der Waals surface area (Å²) in [5.74, 6) is 0.966. The van der Waals surface area contributed by atoms with Gasteiger partial charge in [0.15, 0.2) is 11.4 Å². The second-order valence-electron chi connectivity index (χ2n) is 14.4. The predicted molar refractivity (Wildman–Crippen MR) is 236 cm³/mol. The van der Waals surface area contributed by atoms with Crippen LogP contribution in [-0.2, 0) is 6.54 Å². The minimum Gasteiger partial charge on any atom is -0.454 e. The van der Waals surface area contributed by atoms with Gasteiger partial charge in [0.25, 0.3) is 0 Å². The molecule has 0 saturated heterocycles. The van der Waals surface area contributed by atoms with Gasteiger partial charge in [-0.3, -0.25) is 4.99 Å². The Balaban J connectivity index is 1.21. The first kappa shape index (κ1) is 32.7. The second kappa shape index (κ2) is 13.3. The lowest BCUT2D eigenvalue weighted by Gasteiger charge is -2.12. The van der Waals surface area contributed by atoms with Gasteiger partial charge in [0.1, 0.15) is 11.4 Å². The van der Waals surface area contributed by atoms with Crippen LogP contribution < -0.4 is 5.73 Å². The number of rotatable bonds is 6. The van der Waals surface area contributed by atoms with Crippen LogP contribution in [0.5, 0.6) is 0 Å². The van der Waals surface area contributed by atoms with Crippen LogP contribution in [0.2, 0.25) is 0 Å². The first-order chi connectivity index (χ1) is 28.2. The summed E-state index contributed by atoms with van der Waals surface area (Å²) in [6, 6.07) is 65.2. The number of nitrogens with zero attached hydrogens (tertiary/aromatic N) is 4. The number of hydrogen-bond donors (Lipinski definition) is 1. The van der Waals surface area contributed by atoms with Crippen LogP contribution in [0.1, 0.15) is 16.7 Å². The van der Waals surface area contributed by atoms with Gasteiger partial charge in [-0.05, 0) is 60.2 Å². The fourth-order valence-electron chi connectivity index (χ4n) is 8.38. The molecule has 3 aromatic heterocycles. The zero-order valence-electron chi connectivity index (χ0n) is 30.9. The third kappa shape index (κ3) is 5.41. The summed E-state index contributed by atoms with van der Waals surface area (Å²) in [4.78, 5) is 10.1. The van der Waals surface area contributed by atoms with E-state index in [1.165, 1.54) is 10.8 Å². The number of nitrogens with two attached hydrogens (primary N) is 1. The van der Waals surface area contributed by atoms with E-state index in [4.69, 9.17) is 20.1 Å². The fraction of sp³-hybridized carbons (Fsp3) is 0.0196. The van der Waals surface area contributed by atoms with Crippen molar-refractivity contribution in [3.8, 4) is 11.4 Å². The molecule has 0 unspecified atom stereocenters. The van der Waals surface area contributed by atoms with Crippen molar-refractivity contribution < 1.29 is 4.42 Å². The molecule has 270 valence electrons. The highest BCUT2D eigenvalue weighted by Crippen LogP contribution is 2.43. The molecule has 0 aliphatic heterocycles. The van der Waals surface area contributed by atoms with E-state index in [9.17, 15) is 0 Å². The quantitative estimate of drug-likeness (QED) is 0.136. The Kier molecular flexibility index (Phi) is 7.60. The lowest BCUT2D eigenvalue weighted by atomic mass is 10.1. The lowest BCUT2D eigenvalue weighted by molar-refractivity contribution is 0.671. The first-order valence-corrected chi connectivity index (χ1v) is 19.2. The van der Waals surface area contributed by atoms with Gasteiger partial charge in [-0.25, -0.2) is 4.99 Å². The molecule has 0 atom stereocenters. The van der Waals surface area contributed by atoms with E-state index >= 15 is 0 Å². The van der Waals surface area contributed by atoms with Crippen molar-refractivity contribution in [1.82, 2.24) is 9.13 Å². The highest BCUT2D eigenvalue weighted by molar-refractivity contribution is 6.25. The summed E-state index contributed by atoms with van der Waals surface area (Å²) < 4.78 is 11.5. The molecule has 0 fully saturated rings. The maximum absolute atomic E-state index is 6.78. The van der Waals surface area contributed by atoms with Crippen LogP contribution in [0.25, 0.3) is 76.9 Å². The number of para-hydroxylation sites is 3. The molecule has 0 bridgehead atoms. The minimum atomic E-state index is 0.407. The summed E-state index contributed by atoms with van der Waals surface area (Å²) in [7, 11) is 0. The zero-order valence-corrected chi connectivity index (χ0v) is 30.9. The summed E-state index contributed by atoms with van der Waals surface area (Å²) >= 11 is 0. The third-order valence-corrected chi connectivity index (χ3v) is 11.0. The van der Waals surface area contributed by atoms with E-state index in [-0.39, 0.29) is 0 Å². The summed E-state index contributed by atoms with van der Waals surface area (Å²) in [6.07, 6.45) is 0. The molecule has 11 aromatic rings. The molecule has 0 aliphatic rings. The van der Waals surface area contributed by atoms with Crippen LogP contribution in [-0.4, -0.2) is 20.8 Å². The Morgan fingerprint density at radius 2 is 1.11 bits per heavy atom. The molecule has 57 heavy (non-hydrogen) atoms. The zero-order chi connectivity index (χ0) is 37.9. The number of aliphatic imine (C=N–C) groups is 2. The topological polar surface area (TPSA) is 73.7 Å². The SMILES string of the molecule is NC(=NC(=NCc1ccccc1)c1cccc(-n2c3cc4c(cc3c3ccc5c6ccccc6oc5c32)c2ccccc2n4-c2ccccc2)c1)c1ccccc1. The fourth-order valence-corrected chi connectivity index (χ4v) is 8.38. The van der Waals surface area contributed by atoms with Crippen molar-refractivity contribution >= 4 is 77.2 Å². The molecule has 0 spiro atoms. The molecular weight excluding hydrogens is 699 g/mol. The predicted octanol–water partition coefficient (Wildman–Crippen LogP) is 12.1. The summed E-state index contributed by atoms with van der Waals surface area (Å²) in [5.41, 5.74) is 17.6. The van der Waals surface area contributed by atoms with Crippen molar-refractivity contribution in [3.05, 3.63) is 205 Å². The van der Waals surface area contributed by atoms with Gasteiger partial charge in [0, 0.05) is 54.8 Å². The minimum absolute atomic E-state index is 0.407. The van der Waals surface area contributed by atoms with E-state index in [1.807, 2.05) is 60.7 Å². The molecule has 0 radical (unpaired) electrons. The summed E-state index contributed by atoms with van der Waals surface area (Å²) in [5, 5.41) is 6.83. The van der Waals surface area contributed by atoms with Crippen LogP contribution >= 0.6 is 0 Å². The van der Waals surface area contributed by atoms with E-state index in [0.717, 1.165) is 82.8 Å². The van der Waals surface area contributed by atoms with E-state index in [0.29, 0.717) is 18.2 Å². The van der Waals surface area contributed by atoms with Crippen molar-refractivity contribution in [2.45, 2.75) is 6.54 Å². The maximum atomic E-state index is 6.78. The second-order valence-corrected chi connectivity index (χ2v) is 14.4. The van der Waals surface area contributed by atoms with Crippen molar-refractivity contribution in [2.24, 2.45) is 15.7 Å². The Labute approximate surface area is 328 Å². The molecule has 8 aromatic carbocycles. The van der Waals surface area contributed by atoms with Crippen molar-refractivity contribution in [3.63, 3.8) is 0 Å². The Hall–Kier alpha value is -7.70. The van der Waals surface area contributed by atoms with Crippen molar-refractivity contribution in [2.75, 3.05) is 0 Å². The van der Waals surface area contributed by atoms with Gasteiger partial charge in [0.05, 0.1) is 28.6 Å². The standard InChI is InChI=1S/C51H35N5O/c52-50(34-17-6-2-7-18-34)54-51(53-32-33-15-4-1-5-16-33)35-19-14-22-37(29-35)56-46-31-45-42(38-23-10-12-25-44(38)55(45)36-20-8-3-9-21-36)30-43(46)40-27-28-41-39-24-11-13-26-47(39)57-49(41)48(40)56/h1-31H,32H2,(H2,52,53,54). The monoisotopic (exact) mass is 733 g/mol. The smallest absolute Gasteiger partial charge is 0.160 e. The van der Waals surface area contributed by atoms with Gasteiger partial charge >= 0.3 is 0 Å². The molecule has 0 aliphatic carbocycles. The Bertz CT molecular complexity index is 3370. The van der Waals surface area contributed by atoms with E-state index < -0.39 is 0 Å².